The molecule has 2 heterocycles. The summed E-state index contributed by atoms with van der Waals surface area (Å²) in [5, 5.41) is 3.36. The fourth-order valence-electron chi connectivity index (χ4n) is 2.92. The van der Waals surface area contributed by atoms with Crippen molar-refractivity contribution in [2.24, 2.45) is 5.92 Å². The van der Waals surface area contributed by atoms with Gasteiger partial charge in [-0.1, -0.05) is 0 Å². The lowest BCUT2D eigenvalue weighted by Crippen LogP contribution is -2.54. The molecule has 2 fully saturated rings. The van der Waals surface area contributed by atoms with Crippen molar-refractivity contribution in [3.63, 3.8) is 0 Å². The quantitative estimate of drug-likeness (QED) is 0.791. The molecule has 0 radical (unpaired) electrons. The number of hydrogen-bond donors (Lipinski definition) is 2. The van der Waals surface area contributed by atoms with Gasteiger partial charge >= 0.3 is 0 Å². The first-order chi connectivity index (χ1) is 9.22. The molecule has 0 amide bonds. The van der Waals surface area contributed by atoms with E-state index in [4.69, 9.17) is 5.73 Å². The van der Waals surface area contributed by atoms with E-state index >= 15 is 0 Å². The number of hydrogen-bond acceptors (Lipinski definition) is 4. The normalized spacial score (nSPS) is 21.4. The summed E-state index contributed by atoms with van der Waals surface area (Å²) < 4.78 is 13.8. The minimum absolute atomic E-state index is 0.208. The van der Waals surface area contributed by atoms with E-state index in [1.165, 1.54) is 6.07 Å². The lowest BCUT2D eigenvalue weighted by atomic mass is 9.98. The van der Waals surface area contributed by atoms with E-state index in [0.717, 1.165) is 45.8 Å². The van der Waals surface area contributed by atoms with Crippen LogP contribution in [0.3, 0.4) is 0 Å². The van der Waals surface area contributed by atoms with Gasteiger partial charge in [-0.25, -0.2) is 4.39 Å². The summed E-state index contributed by atoms with van der Waals surface area (Å²) in [6.45, 7) is 7.47. The summed E-state index contributed by atoms with van der Waals surface area (Å²) >= 11 is 0. The maximum absolute atomic E-state index is 13.8. The average Bonchev–Trinajstić information content (AvgIpc) is 2.36. The number of nitrogens with two attached hydrogens (primary N) is 1. The SMILES string of the molecule is Nc1ccc(N2CC(CN3CCNCC3)C2)c(F)c1. The third kappa shape index (κ3) is 2.82. The van der Waals surface area contributed by atoms with E-state index in [2.05, 4.69) is 15.1 Å². The number of nitrogen functional groups attached to an aromatic ring is 1. The van der Waals surface area contributed by atoms with Crippen molar-refractivity contribution in [2.45, 2.75) is 0 Å². The lowest BCUT2D eigenvalue weighted by Gasteiger charge is -2.44. The molecule has 0 spiro atoms. The number of nitrogens with one attached hydrogen (secondary N) is 1. The zero-order chi connectivity index (χ0) is 13.2. The molecule has 3 N–H and O–H groups in total. The predicted octanol–water partition coefficient (Wildman–Crippen LogP) is 0.749. The summed E-state index contributed by atoms with van der Waals surface area (Å²) in [6.07, 6.45) is 0. The van der Waals surface area contributed by atoms with Crippen molar-refractivity contribution >= 4 is 11.4 Å². The fraction of sp³-hybridized carbons (Fsp3) is 0.571. The molecule has 2 aliphatic heterocycles. The number of benzene rings is 1. The van der Waals surface area contributed by atoms with Crippen LogP contribution in [0.1, 0.15) is 0 Å². The van der Waals surface area contributed by atoms with Crippen LogP contribution in [-0.4, -0.2) is 50.7 Å². The molecule has 104 valence electrons. The Morgan fingerprint density at radius 2 is 2.00 bits per heavy atom. The first kappa shape index (κ1) is 12.7. The molecule has 19 heavy (non-hydrogen) atoms. The number of halogens is 1. The highest BCUT2D eigenvalue weighted by Crippen LogP contribution is 2.28. The molecular formula is C14H21FN4. The number of rotatable bonds is 3. The highest BCUT2D eigenvalue weighted by Gasteiger charge is 2.30. The number of anilines is 2. The van der Waals surface area contributed by atoms with Crippen LogP contribution in [-0.2, 0) is 0 Å². The van der Waals surface area contributed by atoms with Gasteiger partial charge in [0, 0.05) is 57.4 Å². The Kier molecular flexibility index (Phi) is 3.57. The molecule has 1 aromatic rings. The van der Waals surface area contributed by atoms with Crippen molar-refractivity contribution in [1.29, 1.82) is 0 Å². The van der Waals surface area contributed by atoms with Crippen LogP contribution >= 0.6 is 0 Å². The Labute approximate surface area is 113 Å². The fourth-order valence-corrected chi connectivity index (χ4v) is 2.92. The van der Waals surface area contributed by atoms with E-state index < -0.39 is 0 Å². The number of nitrogens with zero attached hydrogens (tertiary/aromatic N) is 2. The predicted molar refractivity (Wildman–Crippen MR) is 75.8 cm³/mol. The van der Waals surface area contributed by atoms with E-state index in [1.807, 2.05) is 0 Å². The second-order valence-electron chi connectivity index (χ2n) is 5.53. The average molecular weight is 264 g/mol. The smallest absolute Gasteiger partial charge is 0.148 e. The van der Waals surface area contributed by atoms with Gasteiger partial charge in [0.1, 0.15) is 5.82 Å². The van der Waals surface area contributed by atoms with Gasteiger partial charge in [-0.05, 0) is 18.2 Å². The Morgan fingerprint density at radius 3 is 2.68 bits per heavy atom. The molecule has 4 nitrogen and oxygen atoms in total. The Hall–Kier alpha value is -1.33. The topological polar surface area (TPSA) is 44.5 Å². The first-order valence-electron chi connectivity index (χ1n) is 6.95. The molecule has 2 saturated heterocycles. The second kappa shape index (κ2) is 5.35. The standard InChI is InChI=1S/C14H21FN4/c15-13-7-12(16)1-2-14(13)19-9-11(10-19)8-18-5-3-17-4-6-18/h1-2,7,11,17H,3-6,8-10,16H2. The zero-order valence-corrected chi connectivity index (χ0v) is 11.1. The highest BCUT2D eigenvalue weighted by molar-refractivity contribution is 5.55. The van der Waals surface area contributed by atoms with Crippen molar-refractivity contribution in [3.8, 4) is 0 Å². The van der Waals surface area contributed by atoms with Crippen LogP contribution in [0, 0.1) is 11.7 Å². The lowest BCUT2D eigenvalue weighted by molar-refractivity contribution is 0.189. The summed E-state index contributed by atoms with van der Waals surface area (Å²) in [7, 11) is 0. The minimum atomic E-state index is -0.208. The highest BCUT2D eigenvalue weighted by atomic mass is 19.1. The minimum Gasteiger partial charge on any atom is -0.399 e. The maximum Gasteiger partial charge on any atom is 0.148 e. The van der Waals surface area contributed by atoms with Crippen LogP contribution in [0.4, 0.5) is 15.8 Å². The van der Waals surface area contributed by atoms with Gasteiger partial charge < -0.3 is 20.9 Å². The van der Waals surface area contributed by atoms with Crippen LogP contribution in [0.5, 0.6) is 0 Å². The molecule has 5 heteroatoms. The molecule has 3 rings (SSSR count). The molecule has 0 aliphatic carbocycles. The first-order valence-corrected chi connectivity index (χ1v) is 6.95. The summed E-state index contributed by atoms with van der Waals surface area (Å²) in [4.78, 5) is 4.60. The third-order valence-electron chi connectivity index (χ3n) is 4.00. The largest absolute Gasteiger partial charge is 0.399 e. The Balaban J connectivity index is 1.51. The van der Waals surface area contributed by atoms with E-state index in [0.29, 0.717) is 17.3 Å². The summed E-state index contributed by atoms with van der Waals surface area (Å²) in [6, 6.07) is 4.95. The van der Waals surface area contributed by atoms with Crippen LogP contribution in [0.15, 0.2) is 18.2 Å². The van der Waals surface area contributed by atoms with Crippen molar-refractivity contribution in [1.82, 2.24) is 10.2 Å². The summed E-state index contributed by atoms with van der Waals surface area (Å²) in [5.41, 5.74) is 6.74. The monoisotopic (exact) mass is 264 g/mol. The molecule has 0 bridgehead atoms. The molecule has 0 saturated carbocycles. The Morgan fingerprint density at radius 1 is 1.26 bits per heavy atom. The molecule has 0 unspecified atom stereocenters. The zero-order valence-electron chi connectivity index (χ0n) is 11.1. The van der Waals surface area contributed by atoms with Gasteiger partial charge in [-0.3, -0.25) is 0 Å². The molecule has 2 aliphatic rings. The van der Waals surface area contributed by atoms with Gasteiger partial charge in [-0.2, -0.15) is 0 Å². The summed E-state index contributed by atoms with van der Waals surface area (Å²) in [5.74, 6) is 0.454. The third-order valence-corrected chi connectivity index (χ3v) is 4.00. The van der Waals surface area contributed by atoms with Crippen molar-refractivity contribution in [3.05, 3.63) is 24.0 Å². The van der Waals surface area contributed by atoms with E-state index in [1.54, 1.807) is 12.1 Å². The molecule has 0 aromatic heterocycles. The molecule has 1 aromatic carbocycles. The van der Waals surface area contributed by atoms with Crippen LogP contribution in [0.25, 0.3) is 0 Å². The van der Waals surface area contributed by atoms with Crippen molar-refractivity contribution in [2.75, 3.05) is 56.4 Å². The van der Waals surface area contributed by atoms with Crippen molar-refractivity contribution < 1.29 is 4.39 Å². The van der Waals surface area contributed by atoms with Gasteiger partial charge in [-0.15, -0.1) is 0 Å². The van der Waals surface area contributed by atoms with Gasteiger partial charge in [0.15, 0.2) is 0 Å². The van der Waals surface area contributed by atoms with E-state index in [-0.39, 0.29) is 5.82 Å². The van der Waals surface area contributed by atoms with E-state index in [9.17, 15) is 4.39 Å². The van der Waals surface area contributed by atoms with Crippen LogP contribution < -0.4 is 16.0 Å². The van der Waals surface area contributed by atoms with Gasteiger partial charge in [0.25, 0.3) is 0 Å². The number of piperazine rings is 1. The molecule has 0 atom stereocenters. The second-order valence-corrected chi connectivity index (χ2v) is 5.53. The Bertz CT molecular complexity index is 439. The van der Waals surface area contributed by atoms with Gasteiger partial charge in [0.05, 0.1) is 5.69 Å². The van der Waals surface area contributed by atoms with Crippen LogP contribution in [0.2, 0.25) is 0 Å². The molecular weight excluding hydrogens is 243 g/mol. The van der Waals surface area contributed by atoms with Gasteiger partial charge in [0.2, 0.25) is 0 Å². The maximum atomic E-state index is 13.8.